The number of carbonyl (C=O) groups excluding carboxylic acids is 2. The number of rotatable bonds is 8. The van der Waals surface area contributed by atoms with E-state index in [0.29, 0.717) is 6.54 Å². The number of amides is 2. The SMILES string of the molecule is CCN(CC(=O)NCc1cccs1)C(=O)Cn1cc([N+](=O)[O-])ccc1=O. The molecule has 0 atom stereocenters. The van der Waals surface area contributed by atoms with E-state index in [-0.39, 0.29) is 31.2 Å². The number of likely N-dealkylation sites (N-methyl/N-ethyl adjacent to an activating group) is 1. The quantitative estimate of drug-likeness (QED) is 0.543. The van der Waals surface area contributed by atoms with E-state index in [4.69, 9.17) is 0 Å². The Morgan fingerprint density at radius 1 is 1.35 bits per heavy atom. The summed E-state index contributed by atoms with van der Waals surface area (Å²) in [4.78, 5) is 48.6. The Morgan fingerprint density at radius 3 is 2.73 bits per heavy atom. The Balaban J connectivity index is 1.97. The summed E-state index contributed by atoms with van der Waals surface area (Å²) in [5, 5.41) is 15.4. The van der Waals surface area contributed by atoms with Crippen molar-refractivity contribution in [3.8, 4) is 0 Å². The van der Waals surface area contributed by atoms with Crippen LogP contribution in [0, 0.1) is 10.1 Å². The minimum Gasteiger partial charge on any atom is -0.350 e. The normalized spacial score (nSPS) is 10.3. The van der Waals surface area contributed by atoms with Crippen LogP contribution in [0.4, 0.5) is 5.69 Å². The van der Waals surface area contributed by atoms with Gasteiger partial charge in [0.25, 0.3) is 11.2 Å². The van der Waals surface area contributed by atoms with Crippen LogP contribution < -0.4 is 10.9 Å². The average molecular weight is 378 g/mol. The zero-order valence-electron chi connectivity index (χ0n) is 14.1. The van der Waals surface area contributed by atoms with Crippen molar-refractivity contribution < 1.29 is 14.5 Å². The highest BCUT2D eigenvalue weighted by molar-refractivity contribution is 7.09. The van der Waals surface area contributed by atoms with E-state index in [1.807, 2.05) is 17.5 Å². The monoisotopic (exact) mass is 378 g/mol. The fourth-order valence-electron chi connectivity index (χ4n) is 2.20. The number of nitro groups is 1. The van der Waals surface area contributed by atoms with Crippen LogP contribution in [0.15, 0.2) is 40.6 Å². The van der Waals surface area contributed by atoms with E-state index in [1.165, 1.54) is 16.2 Å². The van der Waals surface area contributed by atoms with Crippen molar-refractivity contribution in [1.82, 2.24) is 14.8 Å². The minimum absolute atomic E-state index is 0.148. The maximum absolute atomic E-state index is 12.4. The van der Waals surface area contributed by atoms with Gasteiger partial charge in [-0.25, -0.2) is 0 Å². The second kappa shape index (κ2) is 8.90. The predicted octanol–water partition coefficient (Wildman–Crippen LogP) is 0.983. The van der Waals surface area contributed by atoms with E-state index in [2.05, 4.69) is 5.32 Å². The van der Waals surface area contributed by atoms with Crippen LogP contribution in [0.2, 0.25) is 0 Å². The molecule has 0 aliphatic rings. The summed E-state index contributed by atoms with van der Waals surface area (Å²) < 4.78 is 0.965. The molecule has 26 heavy (non-hydrogen) atoms. The van der Waals surface area contributed by atoms with Gasteiger partial charge in [-0.1, -0.05) is 6.07 Å². The molecule has 0 spiro atoms. The molecule has 2 heterocycles. The molecule has 0 fully saturated rings. The van der Waals surface area contributed by atoms with Gasteiger partial charge < -0.3 is 10.2 Å². The van der Waals surface area contributed by atoms with Crippen LogP contribution in [-0.4, -0.2) is 39.3 Å². The van der Waals surface area contributed by atoms with Gasteiger partial charge in [-0.05, 0) is 18.4 Å². The van der Waals surface area contributed by atoms with Gasteiger partial charge in [0.15, 0.2) is 0 Å². The van der Waals surface area contributed by atoms with Crippen molar-refractivity contribution in [3.63, 3.8) is 0 Å². The van der Waals surface area contributed by atoms with E-state index < -0.39 is 16.4 Å². The number of nitrogens with one attached hydrogen (secondary N) is 1. The molecular formula is C16H18N4O5S. The lowest BCUT2D eigenvalue weighted by Crippen LogP contribution is -2.42. The summed E-state index contributed by atoms with van der Waals surface area (Å²) in [6, 6.07) is 5.89. The molecule has 0 bridgehead atoms. The van der Waals surface area contributed by atoms with Gasteiger partial charge in [0.05, 0.1) is 24.2 Å². The molecule has 2 rings (SSSR count). The standard InChI is InChI=1S/C16H18N4O5S/c1-2-18(10-14(21)17-8-13-4-3-7-26-13)16(23)11-19-9-12(20(24)25)5-6-15(19)22/h3-7,9H,2,8,10-11H2,1H3,(H,17,21). The van der Waals surface area contributed by atoms with Gasteiger partial charge in [-0.2, -0.15) is 0 Å². The lowest BCUT2D eigenvalue weighted by Gasteiger charge is -2.20. The molecule has 0 saturated carbocycles. The van der Waals surface area contributed by atoms with Crippen molar-refractivity contribution in [3.05, 3.63) is 61.2 Å². The van der Waals surface area contributed by atoms with Crippen molar-refractivity contribution in [2.75, 3.05) is 13.1 Å². The van der Waals surface area contributed by atoms with Gasteiger partial charge in [-0.3, -0.25) is 29.1 Å². The zero-order valence-corrected chi connectivity index (χ0v) is 14.9. The molecule has 1 N–H and O–H groups in total. The van der Waals surface area contributed by atoms with Crippen LogP contribution in [0.1, 0.15) is 11.8 Å². The Kier molecular flexibility index (Phi) is 6.61. The summed E-state index contributed by atoms with van der Waals surface area (Å²) in [5.41, 5.74) is -0.809. The first-order valence-electron chi connectivity index (χ1n) is 7.82. The first-order chi connectivity index (χ1) is 12.4. The number of thiophene rings is 1. The van der Waals surface area contributed by atoms with Crippen molar-refractivity contribution >= 4 is 28.8 Å². The van der Waals surface area contributed by atoms with Gasteiger partial charge >= 0.3 is 0 Å². The average Bonchev–Trinajstić information content (AvgIpc) is 3.13. The first-order valence-corrected chi connectivity index (χ1v) is 8.70. The predicted molar refractivity (Wildman–Crippen MR) is 95.8 cm³/mol. The first kappa shape index (κ1) is 19.3. The molecule has 2 amide bonds. The van der Waals surface area contributed by atoms with Crippen LogP contribution >= 0.6 is 11.3 Å². The fourth-order valence-corrected chi connectivity index (χ4v) is 2.85. The number of pyridine rings is 1. The number of carbonyl (C=O) groups is 2. The molecule has 2 aromatic rings. The molecule has 0 aromatic carbocycles. The Morgan fingerprint density at radius 2 is 2.12 bits per heavy atom. The highest BCUT2D eigenvalue weighted by Gasteiger charge is 2.17. The number of aromatic nitrogens is 1. The molecule has 9 nitrogen and oxygen atoms in total. The Hall–Kier alpha value is -3.01. The lowest BCUT2D eigenvalue weighted by molar-refractivity contribution is -0.385. The van der Waals surface area contributed by atoms with Crippen molar-refractivity contribution in [2.24, 2.45) is 0 Å². The van der Waals surface area contributed by atoms with Gasteiger partial charge in [0.2, 0.25) is 11.8 Å². The van der Waals surface area contributed by atoms with Crippen LogP contribution in [0.25, 0.3) is 0 Å². The summed E-state index contributed by atoms with van der Waals surface area (Å²) in [5.74, 6) is -0.790. The second-order valence-electron chi connectivity index (χ2n) is 5.37. The molecule has 10 heteroatoms. The molecule has 0 radical (unpaired) electrons. The third kappa shape index (κ3) is 5.24. The van der Waals surface area contributed by atoms with Gasteiger partial charge in [0.1, 0.15) is 6.54 Å². The molecule has 138 valence electrons. The highest BCUT2D eigenvalue weighted by atomic mass is 32.1. The lowest BCUT2D eigenvalue weighted by atomic mass is 10.3. The van der Waals surface area contributed by atoms with Crippen LogP contribution in [0.5, 0.6) is 0 Å². The van der Waals surface area contributed by atoms with E-state index in [9.17, 15) is 24.5 Å². The third-order valence-electron chi connectivity index (χ3n) is 3.59. The molecule has 2 aromatic heterocycles. The molecule has 0 aliphatic carbocycles. The zero-order chi connectivity index (χ0) is 19.1. The Labute approximate surface area is 153 Å². The van der Waals surface area contributed by atoms with Crippen LogP contribution in [0.3, 0.4) is 0 Å². The molecule has 0 aliphatic heterocycles. The topological polar surface area (TPSA) is 115 Å². The van der Waals surface area contributed by atoms with Crippen molar-refractivity contribution in [1.29, 1.82) is 0 Å². The maximum Gasteiger partial charge on any atom is 0.285 e. The summed E-state index contributed by atoms with van der Waals surface area (Å²) in [7, 11) is 0. The van der Waals surface area contributed by atoms with Gasteiger partial charge in [0, 0.05) is 23.6 Å². The fraction of sp³-hybridized carbons (Fsp3) is 0.312. The highest BCUT2D eigenvalue weighted by Crippen LogP contribution is 2.08. The van der Waals surface area contributed by atoms with Crippen molar-refractivity contribution in [2.45, 2.75) is 20.0 Å². The third-order valence-corrected chi connectivity index (χ3v) is 4.47. The summed E-state index contributed by atoms with van der Waals surface area (Å²) >= 11 is 1.51. The molecular weight excluding hydrogens is 360 g/mol. The number of hydrogen-bond acceptors (Lipinski definition) is 6. The minimum atomic E-state index is -0.643. The summed E-state index contributed by atoms with van der Waals surface area (Å²) in [6.45, 7) is 1.85. The van der Waals surface area contributed by atoms with Crippen LogP contribution in [-0.2, 0) is 22.7 Å². The maximum atomic E-state index is 12.4. The molecule has 0 saturated heterocycles. The number of hydrogen-bond donors (Lipinski definition) is 1. The van der Waals surface area contributed by atoms with Gasteiger partial charge in [-0.15, -0.1) is 11.3 Å². The largest absolute Gasteiger partial charge is 0.350 e. The molecule has 0 unspecified atom stereocenters. The number of nitrogens with zero attached hydrogens (tertiary/aromatic N) is 3. The van der Waals surface area contributed by atoms with E-state index in [0.717, 1.165) is 27.8 Å². The second-order valence-corrected chi connectivity index (χ2v) is 6.41. The van der Waals surface area contributed by atoms with E-state index in [1.54, 1.807) is 6.92 Å². The summed E-state index contributed by atoms with van der Waals surface area (Å²) in [6.07, 6.45) is 1.02. The smallest absolute Gasteiger partial charge is 0.285 e. The van der Waals surface area contributed by atoms with E-state index >= 15 is 0 Å². The Bertz CT molecular complexity index is 847.